The van der Waals surface area contributed by atoms with Crippen LogP contribution in [0, 0.1) is 20.8 Å². The number of anilines is 1. The van der Waals surface area contributed by atoms with Crippen molar-refractivity contribution in [2.24, 2.45) is 0 Å². The molecule has 2 aromatic carbocycles. The van der Waals surface area contributed by atoms with E-state index in [-0.39, 0.29) is 25.0 Å². The van der Waals surface area contributed by atoms with Crippen molar-refractivity contribution in [2.45, 2.75) is 66.6 Å². The molecule has 2 aromatic rings. The molecule has 0 saturated carbocycles. The Morgan fingerprint density at radius 3 is 2.15 bits per heavy atom. The predicted molar refractivity (Wildman–Crippen MR) is 137 cm³/mol. The van der Waals surface area contributed by atoms with E-state index in [0.717, 1.165) is 32.8 Å². The first-order valence-electron chi connectivity index (χ1n) is 11.5. The van der Waals surface area contributed by atoms with Gasteiger partial charge in [-0.05, 0) is 63.8 Å². The minimum atomic E-state index is -3.75. The number of nitrogens with zero attached hydrogens (tertiary/aromatic N) is 2. The maximum atomic E-state index is 13.7. The summed E-state index contributed by atoms with van der Waals surface area (Å²) in [6.07, 6.45) is 1.49. The fraction of sp³-hybridized carbons (Fsp3) is 0.462. The molecule has 0 aromatic heterocycles. The van der Waals surface area contributed by atoms with Crippen molar-refractivity contribution in [2.75, 3.05) is 17.1 Å². The maximum Gasteiger partial charge on any atom is 0.244 e. The van der Waals surface area contributed by atoms with E-state index >= 15 is 0 Å². The van der Waals surface area contributed by atoms with Gasteiger partial charge in [-0.2, -0.15) is 0 Å². The van der Waals surface area contributed by atoms with Crippen LogP contribution in [0.2, 0.25) is 0 Å². The summed E-state index contributed by atoms with van der Waals surface area (Å²) in [7, 11) is -3.75. The molecule has 0 aliphatic carbocycles. The van der Waals surface area contributed by atoms with Gasteiger partial charge in [-0.15, -0.1) is 0 Å². The highest BCUT2D eigenvalue weighted by Crippen LogP contribution is 2.25. The van der Waals surface area contributed by atoms with Gasteiger partial charge in [0.2, 0.25) is 21.8 Å². The van der Waals surface area contributed by atoms with Gasteiger partial charge in [0.05, 0.1) is 11.9 Å². The standard InChI is InChI=1S/C26H37N3O4S/c1-8-23(26(31)27-18(2)3)28(16-22-14-12-19(4)13-15-22)25(30)17-29(34(7,32)33)24-11-9-10-20(5)21(24)6/h9-15,18,23H,8,16-17H2,1-7H3,(H,27,31)/t23-/m0/s1. The molecule has 2 rings (SSSR count). The minimum absolute atomic E-state index is 0.0830. The third-order valence-electron chi connectivity index (χ3n) is 5.81. The van der Waals surface area contributed by atoms with Crippen molar-refractivity contribution in [3.05, 3.63) is 64.7 Å². The molecule has 0 saturated heterocycles. The third kappa shape index (κ3) is 7.06. The molecule has 186 valence electrons. The van der Waals surface area contributed by atoms with Gasteiger partial charge in [0.15, 0.2) is 0 Å². The van der Waals surface area contributed by atoms with E-state index in [4.69, 9.17) is 0 Å². The van der Waals surface area contributed by atoms with Crippen molar-refractivity contribution < 1.29 is 18.0 Å². The highest BCUT2D eigenvalue weighted by atomic mass is 32.2. The number of rotatable bonds is 10. The molecule has 2 amide bonds. The number of carbonyl (C=O) groups is 2. The van der Waals surface area contributed by atoms with Crippen LogP contribution < -0.4 is 9.62 Å². The van der Waals surface area contributed by atoms with Crippen LogP contribution >= 0.6 is 0 Å². The Morgan fingerprint density at radius 1 is 1.00 bits per heavy atom. The molecule has 0 radical (unpaired) electrons. The molecule has 0 unspecified atom stereocenters. The fourth-order valence-electron chi connectivity index (χ4n) is 3.79. The summed E-state index contributed by atoms with van der Waals surface area (Å²) < 4.78 is 26.6. The first kappa shape index (κ1) is 27.4. The van der Waals surface area contributed by atoms with E-state index in [0.29, 0.717) is 12.1 Å². The molecule has 0 fully saturated rings. The number of amides is 2. The Labute approximate surface area is 204 Å². The van der Waals surface area contributed by atoms with E-state index in [2.05, 4.69) is 5.32 Å². The minimum Gasteiger partial charge on any atom is -0.352 e. The van der Waals surface area contributed by atoms with Gasteiger partial charge in [0, 0.05) is 12.6 Å². The molecule has 7 nitrogen and oxygen atoms in total. The van der Waals surface area contributed by atoms with Crippen LogP contribution in [0.5, 0.6) is 0 Å². The first-order chi connectivity index (χ1) is 15.8. The zero-order valence-electron chi connectivity index (χ0n) is 21.3. The number of aryl methyl sites for hydroxylation is 2. The quantitative estimate of drug-likeness (QED) is 0.554. The smallest absolute Gasteiger partial charge is 0.244 e. The molecule has 1 N–H and O–H groups in total. The van der Waals surface area contributed by atoms with Gasteiger partial charge >= 0.3 is 0 Å². The Bertz CT molecular complexity index is 1110. The summed E-state index contributed by atoms with van der Waals surface area (Å²) in [6.45, 7) is 11.1. The van der Waals surface area contributed by atoms with Gasteiger partial charge in [0.25, 0.3) is 0 Å². The van der Waals surface area contributed by atoms with Crippen LogP contribution in [0.3, 0.4) is 0 Å². The van der Waals surface area contributed by atoms with Gasteiger partial charge in [-0.1, -0.05) is 48.9 Å². The number of hydrogen-bond donors (Lipinski definition) is 1. The van der Waals surface area contributed by atoms with Crippen LogP contribution in [0.1, 0.15) is 49.4 Å². The average molecular weight is 488 g/mol. The lowest BCUT2D eigenvalue weighted by atomic mass is 10.1. The lowest BCUT2D eigenvalue weighted by molar-refractivity contribution is -0.140. The van der Waals surface area contributed by atoms with E-state index in [1.54, 1.807) is 12.1 Å². The number of hydrogen-bond acceptors (Lipinski definition) is 4. The lowest BCUT2D eigenvalue weighted by Crippen LogP contribution is -2.53. The maximum absolute atomic E-state index is 13.7. The molecular formula is C26H37N3O4S. The van der Waals surface area contributed by atoms with Gasteiger partial charge in [-0.25, -0.2) is 8.42 Å². The SMILES string of the molecule is CC[C@@H](C(=O)NC(C)C)N(Cc1ccc(C)cc1)C(=O)CN(c1cccc(C)c1C)S(C)(=O)=O. The van der Waals surface area contributed by atoms with Crippen molar-refractivity contribution in [3.63, 3.8) is 0 Å². The second-order valence-corrected chi connectivity index (χ2v) is 11.0. The molecule has 0 aliphatic rings. The van der Waals surface area contributed by atoms with Crippen molar-refractivity contribution >= 4 is 27.5 Å². The Hall–Kier alpha value is -2.87. The largest absolute Gasteiger partial charge is 0.352 e. The van der Waals surface area contributed by atoms with Crippen LogP contribution in [0.25, 0.3) is 0 Å². The zero-order chi connectivity index (χ0) is 25.6. The number of sulfonamides is 1. The second-order valence-electron chi connectivity index (χ2n) is 9.08. The number of benzene rings is 2. The van der Waals surface area contributed by atoms with Gasteiger partial charge in [-0.3, -0.25) is 13.9 Å². The number of carbonyl (C=O) groups excluding carboxylic acids is 2. The summed E-state index contributed by atoms with van der Waals surface area (Å²) in [6, 6.07) is 12.3. The number of nitrogens with one attached hydrogen (secondary N) is 1. The molecule has 0 spiro atoms. The summed E-state index contributed by atoms with van der Waals surface area (Å²) in [4.78, 5) is 28.2. The third-order valence-corrected chi connectivity index (χ3v) is 6.94. The summed E-state index contributed by atoms with van der Waals surface area (Å²) >= 11 is 0. The van der Waals surface area contributed by atoms with Gasteiger partial charge in [0.1, 0.15) is 12.6 Å². The van der Waals surface area contributed by atoms with Crippen LogP contribution in [-0.2, 0) is 26.2 Å². The van der Waals surface area contributed by atoms with E-state index in [1.807, 2.05) is 71.9 Å². The van der Waals surface area contributed by atoms with E-state index < -0.39 is 22.0 Å². The molecule has 34 heavy (non-hydrogen) atoms. The van der Waals surface area contributed by atoms with Crippen molar-refractivity contribution in [1.82, 2.24) is 10.2 Å². The summed E-state index contributed by atoms with van der Waals surface area (Å²) in [5.74, 6) is -0.687. The fourth-order valence-corrected chi connectivity index (χ4v) is 4.69. The van der Waals surface area contributed by atoms with Crippen LogP contribution in [-0.4, -0.2) is 50.0 Å². The van der Waals surface area contributed by atoms with Crippen LogP contribution in [0.4, 0.5) is 5.69 Å². The second kappa shape index (κ2) is 11.5. The monoisotopic (exact) mass is 487 g/mol. The zero-order valence-corrected chi connectivity index (χ0v) is 22.1. The molecule has 8 heteroatoms. The Kier molecular flexibility index (Phi) is 9.27. The van der Waals surface area contributed by atoms with Crippen molar-refractivity contribution in [3.8, 4) is 0 Å². The van der Waals surface area contributed by atoms with E-state index in [9.17, 15) is 18.0 Å². The lowest BCUT2D eigenvalue weighted by Gasteiger charge is -2.33. The molecule has 0 heterocycles. The summed E-state index contributed by atoms with van der Waals surface area (Å²) in [5, 5.41) is 2.89. The first-order valence-corrected chi connectivity index (χ1v) is 13.4. The summed E-state index contributed by atoms with van der Waals surface area (Å²) in [5.41, 5.74) is 4.14. The van der Waals surface area contributed by atoms with Crippen molar-refractivity contribution in [1.29, 1.82) is 0 Å². The van der Waals surface area contributed by atoms with Crippen LogP contribution in [0.15, 0.2) is 42.5 Å². The Morgan fingerprint density at radius 2 is 1.62 bits per heavy atom. The Balaban J connectivity index is 2.48. The van der Waals surface area contributed by atoms with E-state index in [1.165, 1.54) is 4.90 Å². The highest BCUT2D eigenvalue weighted by Gasteiger charge is 2.32. The average Bonchev–Trinajstić information content (AvgIpc) is 2.74. The predicted octanol–water partition coefficient (Wildman–Crippen LogP) is 3.71. The highest BCUT2D eigenvalue weighted by molar-refractivity contribution is 7.92. The molecule has 0 bridgehead atoms. The van der Waals surface area contributed by atoms with Gasteiger partial charge < -0.3 is 10.2 Å². The normalized spacial score (nSPS) is 12.4. The molecule has 0 aliphatic heterocycles. The molecular weight excluding hydrogens is 450 g/mol. The topological polar surface area (TPSA) is 86.8 Å². The molecule has 1 atom stereocenters.